The van der Waals surface area contributed by atoms with Crippen molar-refractivity contribution in [3.63, 3.8) is 0 Å². The molecule has 8 nitrogen and oxygen atoms in total. The topological polar surface area (TPSA) is 102 Å². The molecule has 2 amide bonds. The molecule has 0 saturated heterocycles. The van der Waals surface area contributed by atoms with Crippen LogP contribution >= 0.6 is 0 Å². The summed E-state index contributed by atoms with van der Waals surface area (Å²) in [5.74, 6) is 1.84. The van der Waals surface area contributed by atoms with E-state index in [2.05, 4.69) is 25.8 Å². The standard InChI is InChI=1S/C20H23N5O3/c1-13(2)18-24-19(28-25-18)14(3)22-20(26)23-15-7-9-17(10-8-15)27-12-16-6-4-5-11-21-16/h4-11,13-14H,12H2,1-3H3,(H2,22,23,26). The molecule has 0 spiro atoms. The maximum Gasteiger partial charge on any atom is 0.319 e. The van der Waals surface area contributed by atoms with E-state index < -0.39 is 6.04 Å². The van der Waals surface area contributed by atoms with Crippen molar-refractivity contribution in [1.29, 1.82) is 0 Å². The summed E-state index contributed by atoms with van der Waals surface area (Å²) in [6.45, 7) is 6.12. The Kier molecular flexibility index (Phi) is 6.21. The first-order valence-corrected chi connectivity index (χ1v) is 9.05. The van der Waals surface area contributed by atoms with Crippen LogP contribution in [0.4, 0.5) is 10.5 Å². The minimum absolute atomic E-state index is 0.164. The van der Waals surface area contributed by atoms with Gasteiger partial charge in [0.1, 0.15) is 18.4 Å². The molecule has 1 atom stereocenters. The van der Waals surface area contributed by atoms with E-state index in [1.165, 1.54) is 0 Å². The van der Waals surface area contributed by atoms with Crippen LogP contribution in [0.3, 0.4) is 0 Å². The van der Waals surface area contributed by atoms with Gasteiger partial charge < -0.3 is 19.9 Å². The molecule has 1 unspecified atom stereocenters. The molecule has 0 radical (unpaired) electrons. The Bertz CT molecular complexity index is 894. The molecule has 0 aliphatic carbocycles. The number of amides is 2. The Morgan fingerprint density at radius 1 is 1.14 bits per heavy atom. The van der Waals surface area contributed by atoms with E-state index in [0.29, 0.717) is 29.8 Å². The summed E-state index contributed by atoms with van der Waals surface area (Å²) < 4.78 is 10.9. The van der Waals surface area contributed by atoms with Crippen molar-refractivity contribution in [3.05, 3.63) is 66.1 Å². The van der Waals surface area contributed by atoms with Gasteiger partial charge in [-0.25, -0.2) is 4.79 Å². The van der Waals surface area contributed by atoms with Crippen molar-refractivity contribution >= 4 is 11.7 Å². The Hall–Kier alpha value is -3.42. The summed E-state index contributed by atoms with van der Waals surface area (Å²) in [7, 11) is 0. The van der Waals surface area contributed by atoms with Crippen LogP contribution in [0, 0.1) is 0 Å². The van der Waals surface area contributed by atoms with Gasteiger partial charge in [-0.05, 0) is 43.3 Å². The van der Waals surface area contributed by atoms with Gasteiger partial charge in [0.2, 0.25) is 5.89 Å². The number of nitrogens with one attached hydrogen (secondary N) is 2. The van der Waals surface area contributed by atoms with E-state index in [1.54, 1.807) is 37.4 Å². The molecule has 0 fully saturated rings. The molecule has 2 N–H and O–H groups in total. The largest absolute Gasteiger partial charge is 0.487 e. The molecule has 2 aromatic heterocycles. The van der Waals surface area contributed by atoms with Crippen molar-refractivity contribution < 1.29 is 14.1 Å². The lowest BCUT2D eigenvalue weighted by molar-refractivity contribution is 0.245. The highest BCUT2D eigenvalue weighted by molar-refractivity contribution is 5.89. The van der Waals surface area contributed by atoms with E-state index in [-0.39, 0.29) is 11.9 Å². The lowest BCUT2D eigenvalue weighted by Gasteiger charge is -2.12. The zero-order valence-corrected chi connectivity index (χ0v) is 16.0. The van der Waals surface area contributed by atoms with E-state index in [0.717, 1.165) is 5.69 Å². The summed E-state index contributed by atoms with van der Waals surface area (Å²) >= 11 is 0. The van der Waals surface area contributed by atoms with E-state index >= 15 is 0 Å². The van der Waals surface area contributed by atoms with Gasteiger partial charge in [-0.2, -0.15) is 4.98 Å². The molecule has 2 heterocycles. The van der Waals surface area contributed by atoms with Crippen LogP contribution < -0.4 is 15.4 Å². The molecule has 3 rings (SSSR count). The minimum atomic E-state index is -0.402. The lowest BCUT2D eigenvalue weighted by atomic mass is 10.2. The monoisotopic (exact) mass is 381 g/mol. The SMILES string of the molecule is CC(C)c1noc(C(C)NC(=O)Nc2ccc(OCc3ccccn3)cc2)n1. The highest BCUT2D eigenvalue weighted by atomic mass is 16.5. The van der Waals surface area contributed by atoms with Crippen LogP contribution in [0.5, 0.6) is 5.75 Å². The van der Waals surface area contributed by atoms with Gasteiger partial charge in [0, 0.05) is 17.8 Å². The molecule has 1 aromatic carbocycles. The van der Waals surface area contributed by atoms with Crippen LogP contribution in [-0.4, -0.2) is 21.2 Å². The number of anilines is 1. The second-order valence-corrected chi connectivity index (χ2v) is 6.60. The number of carbonyl (C=O) groups excluding carboxylic acids is 1. The molecule has 0 saturated carbocycles. The van der Waals surface area contributed by atoms with Crippen molar-refractivity contribution in [1.82, 2.24) is 20.4 Å². The molecule has 0 aliphatic heterocycles. The maximum atomic E-state index is 12.2. The number of carbonyl (C=O) groups is 1. The molecule has 3 aromatic rings. The quantitative estimate of drug-likeness (QED) is 0.640. The predicted molar refractivity (Wildman–Crippen MR) is 104 cm³/mol. The first-order chi connectivity index (χ1) is 13.5. The predicted octanol–water partition coefficient (Wildman–Crippen LogP) is 4.05. The van der Waals surface area contributed by atoms with E-state index in [4.69, 9.17) is 9.26 Å². The summed E-state index contributed by atoms with van der Waals surface area (Å²) in [5.41, 5.74) is 1.49. The fourth-order valence-corrected chi connectivity index (χ4v) is 2.36. The van der Waals surface area contributed by atoms with Gasteiger partial charge in [-0.3, -0.25) is 4.98 Å². The van der Waals surface area contributed by atoms with Gasteiger partial charge >= 0.3 is 6.03 Å². The summed E-state index contributed by atoms with van der Waals surface area (Å²) in [5, 5.41) is 9.44. The van der Waals surface area contributed by atoms with Gasteiger partial charge in [0.25, 0.3) is 0 Å². The maximum absolute atomic E-state index is 12.2. The first-order valence-electron chi connectivity index (χ1n) is 9.05. The second kappa shape index (κ2) is 8.98. The third-order valence-corrected chi connectivity index (χ3v) is 3.92. The third kappa shape index (κ3) is 5.29. The smallest absolute Gasteiger partial charge is 0.319 e. The average molecular weight is 381 g/mol. The second-order valence-electron chi connectivity index (χ2n) is 6.60. The Balaban J connectivity index is 1.49. The van der Waals surface area contributed by atoms with Crippen LogP contribution in [0.15, 0.2) is 53.2 Å². The zero-order chi connectivity index (χ0) is 19.9. The van der Waals surface area contributed by atoms with Crippen LogP contribution in [-0.2, 0) is 6.61 Å². The Morgan fingerprint density at radius 3 is 2.57 bits per heavy atom. The average Bonchev–Trinajstić information content (AvgIpc) is 3.19. The third-order valence-electron chi connectivity index (χ3n) is 3.92. The number of hydrogen-bond donors (Lipinski definition) is 2. The van der Waals surface area contributed by atoms with Gasteiger partial charge in [-0.1, -0.05) is 25.1 Å². The Labute approximate surface area is 163 Å². The number of ether oxygens (including phenoxy) is 1. The van der Waals surface area contributed by atoms with Crippen molar-refractivity contribution in [2.75, 3.05) is 5.32 Å². The molecule has 28 heavy (non-hydrogen) atoms. The van der Waals surface area contributed by atoms with E-state index in [1.807, 2.05) is 32.0 Å². The zero-order valence-electron chi connectivity index (χ0n) is 16.0. The van der Waals surface area contributed by atoms with Gasteiger partial charge in [0.05, 0.1) is 5.69 Å². The van der Waals surface area contributed by atoms with Gasteiger partial charge in [-0.15, -0.1) is 0 Å². The summed E-state index contributed by atoms with van der Waals surface area (Å²) in [4.78, 5) is 20.7. The summed E-state index contributed by atoms with van der Waals surface area (Å²) in [6, 6.07) is 12.0. The highest BCUT2D eigenvalue weighted by Crippen LogP contribution is 2.18. The lowest BCUT2D eigenvalue weighted by Crippen LogP contribution is -2.31. The molecule has 8 heteroatoms. The number of aromatic nitrogens is 3. The Morgan fingerprint density at radius 2 is 1.93 bits per heavy atom. The molecule has 146 valence electrons. The van der Waals surface area contributed by atoms with Crippen LogP contribution in [0.2, 0.25) is 0 Å². The van der Waals surface area contributed by atoms with Crippen molar-refractivity contribution in [3.8, 4) is 5.75 Å². The first kappa shape index (κ1) is 19.3. The van der Waals surface area contributed by atoms with Crippen LogP contribution in [0.1, 0.15) is 50.1 Å². The molecular weight excluding hydrogens is 358 g/mol. The number of benzene rings is 1. The number of urea groups is 1. The number of pyridine rings is 1. The van der Waals surface area contributed by atoms with Crippen LogP contribution in [0.25, 0.3) is 0 Å². The van der Waals surface area contributed by atoms with Crippen molar-refractivity contribution in [2.24, 2.45) is 0 Å². The van der Waals surface area contributed by atoms with E-state index in [9.17, 15) is 4.79 Å². The minimum Gasteiger partial charge on any atom is -0.487 e. The van der Waals surface area contributed by atoms with Gasteiger partial charge in [0.15, 0.2) is 5.82 Å². The molecule has 0 bridgehead atoms. The molecular formula is C20H23N5O3. The highest BCUT2D eigenvalue weighted by Gasteiger charge is 2.17. The van der Waals surface area contributed by atoms with Crippen molar-refractivity contribution in [2.45, 2.75) is 39.3 Å². The normalized spacial score (nSPS) is 11.9. The number of hydrogen-bond acceptors (Lipinski definition) is 6. The fourth-order valence-electron chi connectivity index (χ4n) is 2.36. The fraction of sp³-hybridized carbons (Fsp3) is 0.300. The number of nitrogens with zero attached hydrogens (tertiary/aromatic N) is 3. The molecule has 0 aliphatic rings. The number of rotatable bonds is 7. The summed E-state index contributed by atoms with van der Waals surface area (Å²) in [6.07, 6.45) is 1.73.